The zero-order chi connectivity index (χ0) is 13.7. The van der Waals surface area contributed by atoms with Gasteiger partial charge < -0.3 is 15.4 Å². The Morgan fingerprint density at radius 2 is 1.89 bits per heavy atom. The Kier molecular flexibility index (Phi) is 4.88. The summed E-state index contributed by atoms with van der Waals surface area (Å²) in [7, 11) is 3.17. The summed E-state index contributed by atoms with van der Waals surface area (Å²) in [6.45, 7) is 5.83. The second kappa shape index (κ2) is 6.18. The Bertz CT molecular complexity index is 421. The second-order valence-corrected chi connectivity index (χ2v) is 4.28. The summed E-state index contributed by atoms with van der Waals surface area (Å²) in [6.07, 6.45) is 1.46. The molecule has 0 saturated carbocycles. The average molecular weight is 252 g/mol. The van der Waals surface area contributed by atoms with Crippen molar-refractivity contribution in [3.63, 3.8) is 0 Å². The van der Waals surface area contributed by atoms with Crippen molar-refractivity contribution in [1.29, 1.82) is 0 Å². The van der Waals surface area contributed by atoms with Crippen LogP contribution in [0, 0.1) is 0 Å². The molecule has 1 rings (SSSR count). The highest BCUT2D eigenvalue weighted by Gasteiger charge is 2.19. The first-order valence-corrected chi connectivity index (χ1v) is 5.88. The minimum atomic E-state index is -0.452. The zero-order valence-corrected chi connectivity index (χ0v) is 11.4. The van der Waals surface area contributed by atoms with Crippen LogP contribution in [-0.4, -0.2) is 36.1 Å². The third-order valence-corrected chi connectivity index (χ3v) is 2.61. The van der Waals surface area contributed by atoms with E-state index in [1.165, 1.54) is 13.4 Å². The normalized spacial score (nSPS) is 12.1. The van der Waals surface area contributed by atoms with Crippen LogP contribution in [0.25, 0.3) is 0 Å². The number of nitrogens with one attached hydrogen (secondary N) is 2. The Hall–Kier alpha value is -1.85. The van der Waals surface area contributed by atoms with Gasteiger partial charge in [0.25, 0.3) is 0 Å². The van der Waals surface area contributed by atoms with Crippen molar-refractivity contribution in [2.75, 3.05) is 24.8 Å². The molecular weight excluding hydrogens is 232 g/mol. The van der Waals surface area contributed by atoms with Crippen molar-refractivity contribution >= 4 is 17.6 Å². The number of anilines is 2. The molecule has 1 heterocycles. The molecule has 0 aliphatic heterocycles. The summed E-state index contributed by atoms with van der Waals surface area (Å²) >= 11 is 0. The van der Waals surface area contributed by atoms with E-state index < -0.39 is 6.04 Å². The molecule has 0 radical (unpaired) electrons. The van der Waals surface area contributed by atoms with Crippen LogP contribution >= 0.6 is 0 Å². The number of hydrogen-bond acceptors (Lipinski definition) is 6. The highest BCUT2D eigenvalue weighted by molar-refractivity contribution is 5.79. The first-order valence-electron chi connectivity index (χ1n) is 5.88. The highest BCUT2D eigenvalue weighted by atomic mass is 16.5. The molecule has 1 aromatic heterocycles. The number of methoxy groups -OCH3 is 1. The van der Waals surface area contributed by atoms with E-state index in [2.05, 4.69) is 25.3 Å². The van der Waals surface area contributed by atoms with Crippen molar-refractivity contribution in [3.05, 3.63) is 11.9 Å². The second-order valence-electron chi connectivity index (χ2n) is 4.28. The van der Waals surface area contributed by atoms with Crippen LogP contribution in [0.15, 0.2) is 6.33 Å². The fraction of sp³-hybridized carbons (Fsp3) is 0.583. The highest BCUT2D eigenvalue weighted by Crippen LogP contribution is 2.28. The Morgan fingerprint density at radius 1 is 1.28 bits per heavy atom. The topological polar surface area (TPSA) is 76.1 Å². The predicted molar refractivity (Wildman–Crippen MR) is 70.8 cm³/mol. The van der Waals surface area contributed by atoms with Gasteiger partial charge in [0.1, 0.15) is 24.0 Å². The van der Waals surface area contributed by atoms with Gasteiger partial charge in [0.2, 0.25) is 0 Å². The van der Waals surface area contributed by atoms with E-state index in [0.29, 0.717) is 5.82 Å². The molecule has 2 N–H and O–H groups in total. The summed E-state index contributed by atoms with van der Waals surface area (Å²) in [5.74, 6) is 1.33. The van der Waals surface area contributed by atoms with E-state index in [-0.39, 0.29) is 11.9 Å². The molecule has 0 bridgehead atoms. The SMILES string of the molecule is CNc1ncnc(NC(C)C(=O)OC)c1C(C)C. The van der Waals surface area contributed by atoms with Crippen molar-refractivity contribution in [2.45, 2.75) is 32.7 Å². The number of hydrogen-bond donors (Lipinski definition) is 2. The molecule has 1 atom stereocenters. The van der Waals surface area contributed by atoms with Crippen molar-refractivity contribution in [1.82, 2.24) is 9.97 Å². The number of nitrogens with zero attached hydrogens (tertiary/aromatic N) is 2. The molecule has 6 heteroatoms. The number of rotatable bonds is 5. The molecule has 18 heavy (non-hydrogen) atoms. The van der Waals surface area contributed by atoms with Crippen molar-refractivity contribution < 1.29 is 9.53 Å². The van der Waals surface area contributed by atoms with Crippen LogP contribution in [0.5, 0.6) is 0 Å². The maximum absolute atomic E-state index is 11.4. The number of aromatic nitrogens is 2. The lowest BCUT2D eigenvalue weighted by atomic mass is 10.0. The van der Waals surface area contributed by atoms with Crippen molar-refractivity contribution in [2.24, 2.45) is 0 Å². The van der Waals surface area contributed by atoms with Gasteiger partial charge in [-0.2, -0.15) is 0 Å². The molecule has 100 valence electrons. The quantitative estimate of drug-likeness (QED) is 0.775. The fourth-order valence-electron chi connectivity index (χ4n) is 1.70. The van der Waals surface area contributed by atoms with Gasteiger partial charge in [-0.3, -0.25) is 0 Å². The molecule has 6 nitrogen and oxygen atoms in total. The van der Waals surface area contributed by atoms with Crippen LogP contribution in [0.1, 0.15) is 32.3 Å². The minimum Gasteiger partial charge on any atom is -0.467 e. The molecule has 0 aliphatic rings. The standard InChI is InChI=1S/C12H20N4O2/c1-7(2)9-10(13-4)14-6-15-11(9)16-8(3)12(17)18-5/h6-8H,1-5H3,(H2,13,14,15,16). The van der Waals surface area contributed by atoms with Crippen LogP contribution in [0.3, 0.4) is 0 Å². The molecule has 0 aliphatic carbocycles. The van der Waals surface area contributed by atoms with E-state index in [9.17, 15) is 4.79 Å². The van der Waals surface area contributed by atoms with Crippen LogP contribution in [0.4, 0.5) is 11.6 Å². The minimum absolute atomic E-state index is 0.237. The first-order chi connectivity index (χ1) is 8.51. The maximum atomic E-state index is 11.4. The Balaban J connectivity index is 3.05. The van der Waals surface area contributed by atoms with Gasteiger partial charge in [-0.15, -0.1) is 0 Å². The molecule has 1 aromatic rings. The molecule has 0 spiro atoms. The summed E-state index contributed by atoms with van der Waals surface area (Å²) in [4.78, 5) is 19.8. The summed E-state index contributed by atoms with van der Waals surface area (Å²) < 4.78 is 4.68. The van der Waals surface area contributed by atoms with Crippen LogP contribution in [-0.2, 0) is 9.53 Å². The van der Waals surface area contributed by atoms with E-state index in [1.807, 2.05) is 20.9 Å². The van der Waals surface area contributed by atoms with Gasteiger partial charge in [0.05, 0.1) is 7.11 Å². The third kappa shape index (κ3) is 3.09. The number of esters is 1. The Labute approximate surface area is 107 Å². The first kappa shape index (κ1) is 14.2. The van der Waals surface area contributed by atoms with Gasteiger partial charge in [0.15, 0.2) is 0 Å². The summed E-state index contributed by atoms with van der Waals surface area (Å²) in [6, 6.07) is -0.452. The van der Waals surface area contributed by atoms with E-state index in [0.717, 1.165) is 11.4 Å². The van der Waals surface area contributed by atoms with E-state index in [4.69, 9.17) is 0 Å². The lowest BCUT2D eigenvalue weighted by Crippen LogP contribution is -2.28. The van der Waals surface area contributed by atoms with E-state index >= 15 is 0 Å². The fourth-order valence-corrected chi connectivity index (χ4v) is 1.70. The predicted octanol–water partition coefficient (Wildman–Crippen LogP) is 1.62. The van der Waals surface area contributed by atoms with Gasteiger partial charge in [-0.25, -0.2) is 14.8 Å². The number of ether oxygens (including phenoxy) is 1. The van der Waals surface area contributed by atoms with Crippen molar-refractivity contribution in [3.8, 4) is 0 Å². The van der Waals surface area contributed by atoms with E-state index in [1.54, 1.807) is 6.92 Å². The lowest BCUT2D eigenvalue weighted by Gasteiger charge is -2.19. The van der Waals surface area contributed by atoms with Gasteiger partial charge in [0, 0.05) is 12.6 Å². The van der Waals surface area contributed by atoms with Gasteiger partial charge in [-0.1, -0.05) is 13.8 Å². The number of carbonyl (C=O) groups excluding carboxylic acids is 1. The lowest BCUT2D eigenvalue weighted by molar-refractivity contribution is -0.141. The zero-order valence-electron chi connectivity index (χ0n) is 11.4. The van der Waals surface area contributed by atoms with Crippen LogP contribution in [0.2, 0.25) is 0 Å². The largest absolute Gasteiger partial charge is 0.467 e. The molecule has 0 amide bonds. The average Bonchev–Trinajstić information content (AvgIpc) is 2.36. The van der Waals surface area contributed by atoms with Gasteiger partial charge in [-0.05, 0) is 12.8 Å². The summed E-state index contributed by atoms with van der Waals surface area (Å²) in [5.41, 5.74) is 0.954. The number of carbonyl (C=O) groups is 1. The molecular formula is C12H20N4O2. The molecule has 1 unspecified atom stereocenters. The monoisotopic (exact) mass is 252 g/mol. The molecule has 0 fully saturated rings. The Morgan fingerprint density at radius 3 is 2.39 bits per heavy atom. The third-order valence-electron chi connectivity index (χ3n) is 2.61. The van der Waals surface area contributed by atoms with Crippen LogP contribution < -0.4 is 10.6 Å². The smallest absolute Gasteiger partial charge is 0.328 e. The maximum Gasteiger partial charge on any atom is 0.328 e. The summed E-state index contributed by atoms with van der Waals surface area (Å²) in [5, 5.41) is 6.08. The molecule has 0 aromatic carbocycles. The van der Waals surface area contributed by atoms with Gasteiger partial charge >= 0.3 is 5.97 Å². The molecule has 0 saturated heterocycles.